The van der Waals surface area contributed by atoms with E-state index in [-0.39, 0.29) is 10.6 Å². The number of sulfonamides is 1. The zero-order chi connectivity index (χ0) is 20.6. The lowest BCUT2D eigenvalue weighted by Crippen LogP contribution is -2.16. The van der Waals surface area contributed by atoms with Gasteiger partial charge >= 0.3 is 0 Å². The Morgan fingerprint density at radius 1 is 0.897 bits per heavy atom. The third kappa shape index (κ3) is 3.88. The van der Waals surface area contributed by atoms with Crippen molar-refractivity contribution >= 4 is 21.6 Å². The Hall–Kier alpha value is -3.13. The normalized spacial score (nSPS) is 11.5. The predicted octanol–water partition coefficient (Wildman–Crippen LogP) is 4.21. The summed E-state index contributed by atoms with van der Waals surface area (Å²) in [5.74, 6) is 0.0861. The molecule has 6 nitrogen and oxygen atoms in total. The number of para-hydroxylation sites is 1. The monoisotopic (exact) mass is 425 g/mol. The van der Waals surface area contributed by atoms with Crippen LogP contribution in [0.2, 0.25) is 5.02 Å². The van der Waals surface area contributed by atoms with Crippen LogP contribution in [0, 0.1) is 0 Å². The Morgan fingerprint density at radius 2 is 1.62 bits per heavy atom. The van der Waals surface area contributed by atoms with Gasteiger partial charge in [0.05, 0.1) is 17.1 Å². The van der Waals surface area contributed by atoms with E-state index in [4.69, 9.17) is 16.7 Å². The first-order valence-corrected chi connectivity index (χ1v) is 10.5. The van der Waals surface area contributed by atoms with Crippen molar-refractivity contribution < 1.29 is 13.5 Å². The zero-order valence-electron chi connectivity index (χ0n) is 15.0. The van der Waals surface area contributed by atoms with Crippen LogP contribution >= 0.6 is 11.6 Å². The Balaban J connectivity index is 1.99. The molecule has 1 aromatic heterocycles. The number of phenolic OH excluding ortho intramolecular Hbond substituents is 1. The lowest BCUT2D eigenvalue weighted by molar-refractivity contribution is 0.475. The van der Waals surface area contributed by atoms with Gasteiger partial charge in [-0.25, -0.2) is 18.2 Å². The van der Waals surface area contributed by atoms with Gasteiger partial charge in [0.1, 0.15) is 10.6 Å². The van der Waals surface area contributed by atoms with Crippen molar-refractivity contribution in [1.82, 2.24) is 9.78 Å². The van der Waals surface area contributed by atoms with Crippen molar-refractivity contribution in [2.24, 2.45) is 5.14 Å². The second-order valence-electron chi connectivity index (χ2n) is 6.40. The molecule has 0 fully saturated rings. The molecular weight excluding hydrogens is 410 g/mol. The van der Waals surface area contributed by atoms with E-state index >= 15 is 0 Å². The van der Waals surface area contributed by atoms with E-state index < -0.39 is 10.0 Å². The van der Waals surface area contributed by atoms with Crippen LogP contribution in [0.25, 0.3) is 28.2 Å². The standard InChI is InChI=1S/C21H16ClN3O3S/c22-16-10-8-14(9-11-16)18-13-20(15-4-3-5-17(26)12-15)25(24-18)19-6-1-2-7-21(19)29(23,27)28/h1-13,26H,(H2,23,27,28). The fourth-order valence-corrected chi connectivity index (χ4v) is 3.91. The van der Waals surface area contributed by atoms with Gasteiger partial charge in [-0.05, 0) is 42.5 Å². The Labute approximate surface area is 172 Å². The molecule has 1 heterocycles. The summed E-state index contributed by atoms with van der Waals surface area (Å²) in [4.78, 5) is -0.0489. The minimum atomic E-state index is -3.98. The van der Waals surface area contributed by atoms with E-state index in [0.717, 1.165) is 5.56 Å². The van der Waals surface area contributed by atoms with E-state index in [1.807, 2.05) is 18.2 Å². The molecule has 0 aliphatic carbocycles. The highest BCUT2D eigenvalue weighted by Crippen LogP contribution is 2.32. The van der Waals surface area contributed by atoms with Crippen LogP contribution < -0.4 is 5.14 Å². The molecule has 29 heavy (non-hydrogen) atoms. The fourth-order valence-electron chi connectivity index (χ4n) is 3.07. The van der Waals surface area contributed by atoms with Crippen molar-refractivity contribution in [3.05, 3.63) is 83.9 Å². The number of rotatable bonds is 4. The van der Waals surface area contributed by atoms with Crippen LogP contribution in [0.5, 0.6) is 5.75 Å². The zero-order valence-corrected chi connectivity index (χ0v) is 16.6. The van der Waals surface area contributed by atoms with Gasteiger partial charge < -0.3 is 5.11 Å². The van der Waals surface area contributed by atoms with Crippen LogP contribution in [-0.4, -0.2) is 23.3 Å². The van der Waals surface area contributed by atoms with E-state index in [1.54, 1.807) is 54.6 Å². The third-order valence-electron chi connectivity index (χ3n) is 4.39. The first-order valence-electron chi connectivity index (χ1n) is 8.60. The van der Waals surface area contributed by atoms with Gasteiger partial charge in [0.15, 0.2) is 0 Å². The number of hydrogen-bond donors (Lipinski definition) is 2. The largest absolute Gasteiger partial charge is 0.508 e. The van der Waals surface area contributed by atoms with Crippen molar-refractivity contribution in [3.8, 4) is 34.0 Å². The number of hydrogen-bond acceptors (Lipinski definition) is 4. The van der Waals surface area contributed by atoms with Crippen LogP contribution in [0.1, 0.15) is 0 Å². The predicted molar refractivity (Wildman–Crippen MR) is 112 cm³/mol. The van der Waals surface area contributed by atoms with Gasteiger partial charge in [-0.2, -0.15) is 5.10 Å². The number of nitrogens with zero attached hydrogens (tertiary/aromatic N) is 2. The molecule has 3 aromatic carbocycles. The van der Waals surface area contributed by atoms with Gasteiger partial charge in [-0.1, -0.05) is 48.0 Å². The maximum Gasteiger partial charge on any atom is 0.240 e. The molecule has 3 N–H and O–H groups in total. The number of halogens is 1. The summed E-state index contributed by atoms with van der Waals surface area (Å²) in [6.07, 6.45) is 0. The molecule has 0 atom stereocenters. The molecule has 0 amide bonds. The summed E-state index contributed by atoms with van der Waals surface area (Å²) in [6, 6.07) is 22.0. The SMILES string of the molecule is NS(=O)(=O)c1ccccc1-n1nc(-c2ccc(Cl)cc2)cc1-c1cccc(O)c1. The molecule has 0 aliphatic rings. The maximum absolute atomic E-state index is 12.1. The van der Waals surface area contributed by atoms with Crippen molar-refractivity contribution in [2.75, 3.05) is 0 Å². The summed E-state index contributed by atoms with van der Waals surface area (Å²) < 4.78 is 25.8. The van der Waals surface area contributed by atoms with Crippen molar-refractivity contribution in [1.29, 1.82) is 0 Å². The van der Waals surface area contributed by atoms with Crippen LogP contribution in [0.3, 0.4) is 0 Å². The second-order valence-corrected chi connectivity index (χ2v) is 8.36. The fraction of sp³-hybridized carbons (Fsp3) is 0. The minimum Gasteiger partial charge on any atom is -0.508 e. The molecule has 4 rings (SSSR count). The smallest absolute Gasteiger partial charge is 0.240 e. The molecule has 0 aliphatic heterocycles. The molecule has 8 heteroatoms. The van der Waals surface area contributed by atoms with E-state index in [1.165, 1.54) is 10.7 Å². The first-order chi connectivity index (χ1) is 13.8. The van der Waals surface area contributed by atoms with Crippen molar-refractivity contribution in [2.45, 2.75) is 4.90 Å². The number of primary sulfonamides is 1. The number of nitrogens with two attached hydrogens (primary N) is 1. The Bertz CT molecular complexity index is 1300. The summed E-state index contributed by atoms with van der Waals surface area (Å²) in [7, 11) is -3.98. The highest BCUT2D eigenvalue weighted by Gasteiger charge is 2.20. The Morgan fingerprint density at radius 3 is 2.31 bits per heavy atom. The van der Waals surface area contributed by atoms with Crippen molar-refractivity contribution in [3.63, 3.8) is 0 Å². The Kier molecular flexibility index (Phi) is 4.87. The number of benzene rings is 3. The van der Waals surface area contributed by atoms with Gasteiger partial charge in [-0.3, -0.25) is 0 Å². The van der Waals surface area contributed by atoms with Crippen LogP contribution in [0.15, 0.2) is 83.8 Å². The van der Waals surface area contributed by atoms with Gasteiger partial charge in [-0.15, -0.1) is 0 Å². The van der Waals surface area contributed by atoms with Crippen LogP contribution in [-0.2, 0) is 10.0 Å². The molecule has 0 bridgehead atoms. The lowest BCUT2D eigenvalue weighted by atomic mass is 10.1. The molecule has 0 radical (unpaired) electrons. The summed E-state index contributed by atoms with van der Waals surface area (Å²) in [5, 5.41) is 20.6. The maximum atomic E-state index is 12.1. The molecule has 0 saturated heterocycles. The molecule has 0 unspecified atom stereocenters. The average Bonchev–Trinajstić information content (AvgIpc) is 3.13. The number of aromatic hydroxyl groups is 1. The minimum absolute atomic E-state index is 0.0489. The lowest BCUT2D eigenvalue weighted by Gasteiger charge is -2.11. The topological polar surface area (TPSA) is 98.2 Å². The quantitative estimate of drug-likeness (QED) is 0.511. The van der Waals surface area contributed by atoms with Gasteiger partial charge in [0, 0.05) is 16.1 Å². The van der Waals surface area contributed by atoms with E-state index in [0.29, 0.717) is 27.7 Å². The molecule has 4 aromatic rings. The van der Waals surface area contributed by atoms with Gasteiger partial charge in [0.2, 0.25) is 10.0 Å². The average molecular weight is 426 g/mol. The van der Waals surface area contributed by atoms with Gasteiger partial charge in [0.25, 0.3) is 0 Å². The molecule has 0 saturated carbocycles. The molecule has 146 valence electrons. The summed E-state index contributed by atoms with van der Waals surface area (Å²) in [6.45, 7) is 0. The number of phenols is 1. The third-order valence-corrected chi connectivity index (χ3v) is 5.60. The summed E-state index contributed by atoms with van der Waals surface area (Å²) >= 11 is 5.98. The molecule has 0 spiro atoms. The number of aromatic nitrogens is 2. The van der Waals surface area contributed by atoms with Crippen LogP contribution in [0.4, 0.5) is 0 Å². The second kappa shape index (κ2) is 7.36. The van der Waals surface area contributed by atoms with E-state index in [9.17, 15) is 13.5 Å². The van der Waals surface area contributed by atoms with E-state index in [2.05, 4.69) is 5.10 Å². The molecular formula is C21H16ClN3O3S. The highest BCUT2D eigenvalue weighted by molar-refractivity contribution is 7.89. The highest BCUT2D eigenvalue weighted by atomic mass is 35.5. The first kappa shape index (κ1) is 19.2. The summed E-state index contributed by atoms with van der Waals surface area (Å²) in [5.41, 5.74) is 3.00.